The predicted molar refractivity (Wildman–Crippen MR) is 129 cm³/mol. The van der Waals surface area contributed by atoms with Crippen LogP contribution in [0.15, 0.2) is 60.8 Å². The second-order valence-electron chi connectivity index (χ2n) is 7.70. The number of hydrogen-bond acceptors (Lipinski definition) is 5. The van der Waals surface area contributed by atoms with Crippen molar-refractivity contribution in [1.29, 1.82) is 0 Å². The van der Waals surface area contributed by atoms with E-state index in [1.807, 2.05) is 19.0 Å². The van der Waals surface area contributed by atoms with E-state index in [0.29, 0.717) is 39.8 Å². The Kier molecular flexibility index (Phi) is 7.45. The molecular weight excluding hydrogens is 426 g/mol. The molecule has 0 fully saturated rings. The lowest BCUT2D eigenvalue weighted by atomic mass is 10.1. The van der Waals surface area contributed by atoms with Gasteiger partial charge in [-0.1, -0.05) is 35.9 Å². The largest absolute Gasteiger partial charge is 0.397 e. The summed E-state index contributed by atoms with van der Waals surface area (Å²) in [6.07, 6.45) is 1.52. The summed E-state index contributed by atoms with van der Waals surface area (Å²) in [6.45, 7) is 1.36. The maximum absolute atomic E-state index is 12.6. The van der Waals surface area contributed by atoms with Gasteiger partial charge in [0.05, 0.1) is 27.7 Å². The van der Waals surface area contributed by atoms with Crippen LogP contribution in [0.4, 0.5) is 11.4 Å². The lowest BCUT2D eigenvalue weighted by Crippen LogP contribution is -2.33. The third kappa shape index (κ3) is 5.63. The third-order valence-corrected chi connectivity index (χ3v) is 5.24. The van der Waals surface area contributed by atoms with Crippen LogP contribution in [0.25, 0.3) is 11.3 Å². The van der Waals surface area contributed by atoms with E-state index < -0.39 is 0 Å². The van der Waals surface area contributed by atoms with Crippen LogP contribution in [0.2, 0.25) is 5.02 Å². The summed E-state index contributed by atoms with van der Waals surface area (Å²) in [6, 6.07) is 15.6. The van der Waals surface area contributed by atoms with Crippen molar-refractivity contribution < 1.29 is 9.59 Å². The van der Waals surface area contributed by atoms with Crippen molar-refractivity contribution in [1.82, 2.24) is 14.8 Å². The summed E-state index contributed by atoms with van der Waals surface area (Å²) in [5.41, 5.74) is 9.12. The number of nitrogens with one attached hydrogen (secondary N) is 1. The number of nitrogens with two attached hydrogens (primary N) is 1. The number of carbonyl (C=O) groups is 2. The Labute approximate surface area is 192 Å². The van der Waals surface area contributed by atoms with Crippen LogP contribution in [0.1, 0.15) is 20.7 Å². The van der Waals surface area contributed by atoms with Crippen LogP contribution >= 0.6 is 11.6 Å². The molecule has 0 bridgehead atoms. The molecule has 2 aromatic carbocycles. The first-order chi connectivity index (χ1) is 15.3. The number of halogens is 1. The molecule has 3 rings (SSSR count). The molecule has 3 N–H and O–H groups in total. The van der Waals surface area contributed by atoms with Gasteiger partial charge in [0.15, 0.2) is 0 Å². The number of benzene rings is 2. The van der Waals surface area contributed by atoms with Gasteiger partial charge in [-0.05, 0) is 44.4 Å². The van der Waals surface area contributed by atoms with Crippen molar-refractivity contribution in [3.63, 3.8) is 0 Å². The summed E-state index contributed by atoms with van der Waals surface area (Å²) in [5.74, 6) is -0.407. The number of likely N-dealkylation sites (N-methyl/N-ethyl adjacent to an activating group) is 2. The number of hydrogen-bond donors (Lipinski definition) is 2. The first kappa shape index (κ1) is 23.2. The summed E-state index contributed by atoms with van der Waals surface area (Å²) >= 11 is 6.43. The zero-order valence-corrected chi connectivity index (χ0v) is 19.1. The van der Waals surface area contributed by atoms with Crippen LogP contribution in [0.3, 0.4) is 0 Å². The average Bonchev–Trinajstić information content (AvgIpc) is 2.78. The highest BCUT2D eigenvalue weighted by Crippen LogP contribution is 2.27. The lowest BCUT2D eigenvalue weighted by Gasteiger charge is -2.19. The Balaban J connectivity index is 1.72. The van der Waals surface area contributed by atoms with E-state index in [1.54, 1.807) is 66.5 Å². The summed E-state index contributed by atoms with van der Waals surface area (Å²) < 4.78 is 0. The summed E-state index contributed by atoms with van der Waals surface area (Å²) in [4.78, 5) is 33.2. The van der Waals surface area contributed by atoms with E-state index in [2.05, 4.69) is 10.3 Å². The highest BCUT2D eigenvalue weighted by molar-refractivity contribution is 6.33. The van der Waals surface area contributed by atoms with E-state index in [0.717, 1.165) is 12.1 Å². The molecule has 0 spiro atoms. The highest BCUT2D eigenvalue weighted by Gasteiger charge is 2.16. The lowest BCUT2D eigenvalue weighted by molar-refractivity contribution is 0.0785. The smallest absolute Gasteiger partial charge is 0.255 e. The first-order valence-corrected chi connectivity index (χ1v) is 10.5. The molecule has 0 unspecified atom stereocenters. The molecule has 0 aliphatic rings. The molecule has 2 amide bonds. The van der Waals surface area contributed by atoms with Gasteiger partial charge in [-0.2, -0.15) is 0 Å². The van der Waals surface area contributed by atoms with Gasteiger partial charge in [0.25, 0.3) is 11.8 Å². The highest BCUT2D eigenvalue weighted by atomic mass is 35.5. The van der Waals surface area contributed by atoms with E-state index >= 15 is 0 Å². The van der Waals surface area contributed by atoms with E-state index in [1.165, 1.54) is 6.20 Å². The Morgan fingerprint density at radius 3 is 2.31 bits per heavy atom. The van der Waals surface area contributed by atoms with Crippen LogP contribution in [-0.2, 0) is 0 Å². The Hall–Kier alpha value is -3.42. The zero-order valence-electron chi connectivity index (χ0n) is 18.3. The molecule has 0 radical (unpaired) electrons. The summed E-state index contributed by atoms with van der Waals surface area (Å²) in [5, 5.41) is 3.16. The van der Waals surface area contributed by atoms with E-state index in [-0.39, 0.29) is 11.8 Å². The standard InChI is InChI=1S/C24H26ClN5O2/c1-29(2)12-13-30(3)24(32)18-14-19(25)22(27-15-18)16-8-10-17(11-9-16)23(31)28-21-7-5-4-6-20(21)26/h4-11,14-15H,12-13,26H2,1-3H3,(H,28,31). The maximum Gasteiger partial charge on any atom is 0.255 e. The SMILES string of the molecule is CN(C)CCN(C)C(=O)c1cnc(-c2ccc(C(=O)Nc3ccccc3N)cc2)c(Cl)c1. The van der Waals surface area contributed by atoms with E-state index in [9.17, 15) is 9.59 Å². The Morgan fingerprint density at radius 2 is 1.69 bits per heavy atom. The van der Waals surface area contributed by atoms with Crippen molar-refractivity contribution in [2.24, 2.45) is 0 Å². The van der Waals surface area contributed by atoms with Gasteiger partial charge in [-0.15, -0.1) is 0 Å². The molecular formula is C24H26ClN5O2. The number of carbonyl (C=O) groups excluding carboxylic acids is 2. The molecule has 7 nitrogen and oxygen atoms in total. The van der Waals surface area contributed by atoms with Crippen molar-refractivity contribution in [3.8, 4) is 11.3 Å². The van der Waals surface area contributed by atoms with Gasteiger partial charge in [0.1, 0.15) is 0 Å². The maximum atomic E-state index is 12.6. The number of anilines is 2. The number of amides is 2. The molecule has 0 saturated carbocycles. The molecule has 32 heavy (non-hydrogen) atoms. The molecule has 0 atom stereocenters. The fourth-order valence-corrected chi connectivity index (χ4v) is 3.30. The van der Waals surface area contributed by atoms with Gasteiger partial charge in [-0.25, -0.2) is 0 Å². The fraction of sp³-hybridized carbons (Fsp3) is 0.208. The minimum atomic E-state index is -0.268. The van der Waals surface area contributed by atoms with Gasteiger partial charge in [0, 0.05) is 37.5 Å². The molecule has 166 valence electrons. The number of aromatic nitrogens is 1. The monoisotopic (exact) mass is 451 g/mol. The topological polar surface area (TPSA) is 91.6 Å². The second-order valence-corrected chi connectivity index (χ2v) is 8.11. The van der Waals surface area contributed by atoms with Crippen molar-refractivity contribution in [2.75, 3.05) is 45.3 Å². The van der Waals surface area contributed by atoms with E-state index in [4.69, 9.17) is 17.3 Å². The Morgan fingerprint density at radius 1 is 1.00 bits per heavy atom. The third-order valence-electron chi connectivity index (χ3n) is 4.95. The fourth-order valence-electron chi connectivity index (χ4n) is 3.02. The van der Waals surface area contributed by atoms with Crippen molar-refractivity contribution in [2.45, 2.75) is 0 Å². The van der Waals surface area contributed by atoms with Crippen LogP contribution in [-0.4, -0.2) is 60.8 Å². The van der Waals surface area contributed by atoms with Gasteiger partial charge < -0.3 is 20.9 Å². The zero-order chi connectivity index (χ0) is 23.3. The van der Waals surface area contributed by atoms with Crippen molar-refractivity contribution in [3.05, 3.63) is 76.9 Å². The molecule has 1 aromatic heterocycles. The number of pyridine rings is 1. The number of nitrogen functional groups attached to an aromatic ring is 1. The number of rotatable bonds is 7. The minimum Gasteiger partial charge on any atom is -0.397 e. The molecule has 1 heterocycles. The molecule has 0 aliphatic heterocycles. The van der Waals surface area contributed by atoms with Gasteiger partial charge in [-0.3, -0.25) is 14.6 Å². The predicted octanol–water partition coefficient (Wildman–Crippen LogP) is 3.87. The van der Waals surface area contributed by atoms with Crippen LogP contribution < -0.4 is 11.1 Å². The van der Waals surface area contributed by atoms with Crippen LogP contribution in [0.5, 0.6) is 0 Å². The Bertz CT molecular complexity index is 1120. The van der Waals surface area contributed by atoms with Gasteiger partial charge >= 0.3 is 0 Å². The molecule has 3 aromatic rings. The second kappa shape index (κ2) is 10.3. The number of nitrogens with zero attached hydrogens (tertiary/aromatic N) is 3. The average molecular weight is 452 g/mol. The van der Waals surface area contributed by atoms with Crippen LogP contribution in [0, 0.1) is 0 Å². The molecule has 8 heteroatoms. The van der Waals surface area contributed by atoms with Crippen molar-refractivity contribution >= 4 is 34.8 Å². The normalized spacial score (nSPS) is 10.8. The molecule has 0 aliphatic carbocycles. The first-order valence-electron chi connectivity index (χ1n) is 10.1. The quantitative estimate of drug-likeness (QED) is 0.532. The minimum absolute atomic E-state index is 0.139. The summed E-state index contributed by atoms with van der Waals surface area (Å²) in [7, 11) is 5.66. The number of para-hydroxylation sites is 2. The van der Waals surface area contributed by atoms with Gasteiger partial charge in [0.2, 0.25) is 0 Å². The molecule has 0 saturated heterocycles.